The van der Waals surface area contributed by atoms with Crippen LogP contribution in [0.15, 0.2) is 36.4 Å². The van der Waals surface area contributed by atoms with Crippen LogP contribution in [0.3, 0.4) is 0 Å². The van der Waals surface area contributed by atoms with Crippen LogP contribution in [0.1, 0.15) is 37.0 Å². The Bertz CT molecular complexity index is 740. The van der Waals surface area contributed by atoms with E-state index in [1.54, 1.807) is 19.1 Å². The summed E-state index contributed by atoms with van der Waals surface area (Å²) in [6, 6.07) is 7.26. The maximum Gasteiger partial charge on any atom is 0.338 e. The van der Waals surface area contributed by atoms with Gasteiger partial charge in [0, 0.05) is 17.8 Å². The minimum Gasteiger partial charge on any atom is -0.460 e. The smallest absolute Gasteiger partial charge is 0.338 e. The molecule has 1 aromatic rings. The van der Waals surface area contributed by atoms with Gasteiger partial charge in [0.15, 0.2) is 0 Å². The summed E-state index contributed by atoms with van der Waals surface area (Å²) < 4.78 is 37.0. The number of esters is 2. The molecule has 0 bridgehead atoms. The van der Waals surface area contributed by atoms with Gasteiger partial charge < -0.3 is 38.5 Å². The van der Waals surface area contributed by atoms with Crippen LogP contribution >= 0.6 is 0 Å². The van der Waals surface area contributed by atoms with E-state index in [0.717, 1.165) is 25.1 Å². The SMILES string of the molecule is C=C(C)C(=O)OCCOCCOCCOCCOCCOCCOC(=O)c1ccc(NCCCC)cc1. The molecule has 1 aromatic carbocycles. The Hall–Kier alpha value is -2.50. The lowest BCUT2D eigenvalue weighted by Crippen LogP contribution is -2.15. The Labute approximate surface area is 220 Å². The molecule has 0 atom stereocenters. The molecule has 0 saturated heterocycles. The molecule has 10 nitrogen and oxygen atoms in total. The first-order valence-corrected chi connectivity index (χ1v) is 12.8. The lowest BCUT2D eigenvalue weighted by Gasteiger charge is -2.09. The van der Waals surface area contributed by atoms with Gasteiger partial charge in [0.2, 0.25) is 0 Å². The molecule has 0 saturated carbocycles. The van der Waals surface area contributed by atoms with E-state index < -0.39 is 5.97 Å². The minimum absolute atomic E-state index is 0.186. The Kier molecular flexibility index (Phi) is 19.9. The molecular formula is C27H43NO9. The average molecular weight is 526 g/mol. The molecule has 0 aliphatic carbocycles. The predicted molar refractivity (Wildman–Crippen MR) is 140 cm³/mol. The summed E-state index contributed by atoms with van der Waals surface area (Å²) in [5, 5.41) is 3.31. The molecule has 1 rings (SSSR count). The number of carbonyl (C=O) groups is 2. The third-order valence-corrected chi connectivity index (χ3v) is 4.74. The van der Waals surface area contributed by atoms with Crippen LogP contribution in [0.2, 0.25) is 0 Å². The second-order valence-corrected chi connectivity index (χ2v) is 7.97. The van der Waals surface area contributed by atoms with Gasteiger partial charge in [-0.25, -0.2) is 9.59 Å². The van der Waals surface area contributed by atoms with Gasteiger partial charge in [0.1, 0.15) is 13.2 Å². The fourth-order valence-corrected chi connectivity index (χ4v) is 2.71. The summed E-state index contributed by atoms with van der Waals surface area (Å²) in [5.74, 6) is -0.782. The molecule has 10 heteroatoms. The number of rotatable bonds is 24. The number of hydrogen-bond acceptors (Lipinski definition) is 10. The molecule has 210 valence electrons. The molecule has 0 unspecified atom stereocenters. The van der Waals surface area contributed by atoms with Crippen molar-refractivity contribution in [2.24, 2.45) is 0 Å². The Morgan fingerprint density at radius 3 is 1.57 bits per heavy atom. The molecule has 1 N–H and O–H groups in total. The number of benzene rings is 1. The van der Waals surface area contributed by atoms with Crippen molar-refractivity contribution in [1.82, 2.24) is 0 Å². The van der Waals surface area contributed by atoms with Crippen molar-refractivity contribution in [2.75, 3.05) is 91.1 Å². The van der Waals surface area contributed by atoms with E-state index in [0.29, 0.717) is 77.2 Å². The highest BCUT2D eigenvalue weighted by atomic mass is 16.6. The topological polar surface area (TPSA) is 111 Å². The number of anilines is 1. The summed E-state index contributed by atoms with van der Waals surface area (Å²) in [6.07, 6.45) is 2.24. The highest BCUT2D eigenvalue weighted by molar-refractivity contribution is 5.89. The highest BCUT2D eigenvalue weighted by Gasteiger charge is 2.07. The van der Waals surface area contributed by atoms with Gasteiger partial charge in [0.25, 0.3) is 0 Å². The summed E-state index contributed by atoms with van der Waals surface area (Å²) in [4.78, 5) is 23.2. The van der Waals surface area contributed by atoms with E-state index in [-0.39, 0.29) is 19.2 Å². The Morgan fingerprint density at radius 1 is 0.703 bits per heavy atom. The van der Waals surface area contributed by atoms with Crippen LogP contribution in [0.4, 0.5) is 5.69 Å². The summed E-state index contributed by atoms with van der Waals surface area (Å²) in [5.41, 5.74) is 1.87. The molecule has 0 spiro atoms. The molecule has 0 aromatic heterocycles. The minimum atomic E-state index is -0.417. The fourth-order valence-electron chi connectivity index (χ4n) is 2.71. The molecular weight excluding hydrogens is 482 g/mol. The summed E-state index contributed by atoms with van der Waals surface area (Å²) >= 11 is 0. The molecule has 0 aliphatic heterocycles. The number of unbranched alkanes of at least 4 members (excludes halogenated alkanes) is 1. The van der Waals surface area contributed by atoms with Crippen molar-refractivity contribution in [3.8, 4) is 0 Å². The third kappa shape index (κ3) is 18.4. The van der Waals surface area contributed by atoms with E-state index >= 15 is 0 Å². The van der Waals surface area contributed by atoms with E-state index in [1.165, 1.54) is 0 Å². The average Bonchev–Trinajstić information content (AvgIpc) is 2.90. The van der Waals surface area contributed by atoms with Crippen LogP contribution in [-0.2, 0) is 38.0 Å². The van der Waals surface area contributed by atoms with Crippen molar-refractivity contribution in [2.45, 2.75) is 26.7 Å². The van der Waals surface area contributed by atoms with E-state index in [2.05, 4.69) is 18.8 Å². The number of nitrogens with one attached hydrogen (secondary N) is 1. The van der Waals surface area contributed by atoms with Crippen molar-refractivity contribution in [3.63, 3.8) is 0 Å². The number of ether oxygens (including phenoxy) is 7. The van der Waals surface area contributed by atoms with Crippen LogP contribution in [0.25, 0.3) is 0 Å². The molecule has 0 aliphatic rings. The third-order valence-electron chi connectivity index (χ3n) is 4.74. The van der Waals surface area contributed by atoms with Crippen LogP contribution < -0.4 is 5.32 Å². The number of hydrogen-bond donors (Lipinski definition) is 1. The van der Waals surface area contributed by atoms with Crippen LogP contribution in [0.5, 0.6) is 0 Å². The second-order valence-electron chi connectivity index (χ2n) is 7.97. The normalized spacial score (nSPS) is 10.8. The first-order chi connectivity index (χ1) is 18.0. The van der Waals surface area contributed by atoms with Crippen molar-refractivity contribution in [3.05, 3.63) is 42.0 Å². The van der Waals surface area contributed by atoms with Crippen molar-refractivity contribution < 1.29 is 42.7 Å². The van der Waals surface area contributed by atoms with Gasteiger partial charge in [-0.1, -0.05) is 19.9 Å². The molecule has 0 amide bonds. The maximum absolute atomic E-state index is 12.1. The van der Waals surface area contributed by atoms with Gasteiger partial charge in [-0.05, 0) is 37.6 Å². The van der Waals surface area contributed by atoms with Crippen molar-refractivity contribution in [1.29, 1.82) is 0 Å². The number of carbonyl (C=O) groups excluding carboxylic acids is 2. The summed E-state index contributed by atoms with van der Waals surface area (Å²) in [6.45, 7) is 12.7. The maximum atomic E-state index is 12.1. The van der Waals surface area contributed by atoms with E-state index in [4.69, 9.17) is 33.2 Å². The van der Waals surface area contributed by atoms with Gasteiger partial charge in [-0.15, -0.1) is 0 Å². The van der Waals surface area contributed by atoms with Gasteiger partial charge in [-0.2, -0.15) is 0 Å². The lowest BCUT2D eigenvalue weighted by atomic mass is 10.2. The molecule has 37 heavy (non-hydrogen) atoms. The fraction of sp³-hybridized carbons (Fsp3) is 0.630. The molecule has 0 radical (unpaired) electrons. The van der Waals surface area contributed by atoms with E-state index in [1.807, 2.05) is 12.1 Å². The zero-order valence-electron chi connectivity index (χ0n) is 22.3. The first kappa shape index (κ1) is 32.5. The van der Waals surface area contributed by atoms with Crippen molar-refractivity contribution >= 4 is 17.6 Å². The predicted octanol–water partition coefficient (Wildman–Crippen LogP) is 3.26. The Balaban J connectivity index is 1.82. The zero-order valence-corrected chi connectivity index (χ0v) is 22.3. The molecule has 0 heterocycles. The standard InChI is InChI=1S/C27H43NO9/c1-4-5-10-28-25-8-6-24(7-9-25)27(30)37-22-20-35-18-16-33-14-12-31-11-13-32-15-17-34-19-21-36-26(29)23(2)3/h6-9,28H,2,4-5,10-22H2,1,3H3. The van der Waals surface area contributed by atoms with Crippen LogP contribution in [0, 0.1) is 0 Å². The van der Waals surface area contributed by atoms with Gasteiger partial charge in [-0.3, -0.25) is 0 Å². The monoisotopic (exact) mass is 525 g/mol. The largest absolute Gasteiger partial charge is 0.460 e. The first-order valence-electron chi connectivity index (χ1n) is 12.8. The molecule has 0 fully saturated rings. The van der Waals surface area contributed by atoms with E-state index in [9.17, 15) is 9.59 Å². The highest BCUT2D eigenvalue weighted by Crippen LogP contribution is 2.10. The second kappa shape index (κ2) is 22.7. The summed E-state index contributed by atoms with van der Waals surface area (Å²) in [7, 11) is 0. The van der Waals surface area contributed by atoms with Gasteiger partial charge in [0.05, 0.1) is 71.6 Å². The van der Waals surface area contributed by atoms with Crippen LogP contribution in [-0.4, -0.2) is 97.8 Å². The lowest BCUT2D eigenvalue weighted by molar-refractivity contribution is -0.140. The zero-order chi connectivity index (χ0) is 27.0. The Morgan fingerprint density at radius 2 is 1.14 bits per heavy atom. The quantitative estimate of drug-likeness (QED) is 0.123. The van der Waals surface area contributed by atoms with Gasteiger partial charge >= 0.3 is 11.9 Å².